The van der Waals surface area contributed by atoms with E-state index in [2.05, 4.69) is 4.98 Å². The van der Waals surface area contributed by atoms with Crippen LogP contribution in [0.5, 0.6) is 11.5 Å². The summed E-state index contributed by atoms with van der Waals surface area (Å²) in [4.78, 5) is 15.9. The topological polar surface area (TPSA) is 85.4 Å². The number of carbonyl (C=O) groups is 1. The molecule has 0 aliphatic rings. The molecule has 26 heavy (non-hydrogen) atoms. The summed E-state index contributed by atoms with van der Waals surface area (Å²) in [6.45, 7) is 0. The molecule has 1 N–H and O–H groups in total. The first kappa shape index (κ1) is 17.7. The minimum Gasteiger partial charge on any atom is -0.453 e. The predicted molar refractivity (Wildman–Crippen MR) is 90.5 cm³/mol. The Hall–Kier alpha value is -3.07. The van der Waals surface area contributed by atoms with E-state index >= 15 is 0 Å². The average molecular weight is 378 g/mol. The zero-order valence-corrected chi connectivity index (χ0v) is 14.2. The van der Waals surface area contributed by atoms with E-state index in [-0.39, 0.29) is 5.75 Å². The van der Waals surface area contributed by atoms with E-state index in [1.165, 1.54) is 12.3 Å². The number of halogens is 2. The highest BCUT2D eigenvalue weighted by Gasteiger charge is 2.20. The van der Waals surface area contributed by atoms with Crippen molar-refractivity contribution >= 4 is 26.8 Å². The Balaban J connectivity index is 1.97. The molecule has 1 heterocycles. The van der Waals surface area contributed by atoms with Crippen molar-refractivity contribution in [3.8, 4) is 11.5 Å². The van der Waals surface area contributed by atoms with E-state index in [9.17, 15) is 22.0 Å². The number of para-hydroxylation sites is 1. The third-order valence-electron chi connectivity index (χ3n) is 3.37. The lowest BCUT2D eigenvalue weighted by atomic mass is 10.1. The second-order valence-corrected chi connectivity index (χ2v) is 7.14. The minimum atomic E-state index is -3.91. The van der Waals surface area contributed by atoms with Crippen LogP contribution in [0.3, 0.4) is 0 Å². The molecule has 2 aromatic carbocycles. The molecule has 0 aliphatic heterocycles. The third kappa shape index (κ3) is 3.77. The summed E-state index contributed by atoms with van der Waals surface area (Å²) in [5, 5.41) is 0.591. The van der Waals surface area contributed by atoms with Crippen LogP contribution in [0.2, 0.25) is 0 Å². The molecular weight excluding hydrogens is 366 g/mol. The highest BCUT2D eigenvalue weighted by Crippen LogP contribution is 2.31. The Kier molecular flexibility index (Phi) is 4.56. The van der Waals surface area contributed by atoms with Gasteiger partial charge in [0.1, 0.15) is 11.6 Å². The first-order valence-corrected chi connectivity index (χ1v) is 9.16. The van der Waals surface area contributed by atoms with Gasteiger partial charge in [-0.3, -0.25) is 9.78 Å². The smallest absolute Gasteiger partial charge is 0.267 e. The number of nitrogens with one attached hydrogen (secondary N) is 1. The molecule has 0 saturated carbocycles. The van der Waals surface area contributed by atoms with Crippen molar-refractivity contribution in [2.24, 2.45) is 0 Å². The summed E-state index contributed by atoms with van der Waals surface area (Å²) in [6, 6.07) is 9.71. The number of hydrogen-bond acceptors (Lipinski definition) is 5. The van der Waals surface area contributed by atoms with Crippen molar-refractivity contribution in [2.75, 3.05) is 6.26 Å². The third-order valence-corrected chi connectivity index (χ3v) is 3.93. The van der Waals surface area contributed by atoms with Gasteiger partial charge in [-0.25, -0.2) is 21.9 Å². The van der Waals surface area contributed by atoms with Crippen molar-refractivity contribution in [1.29, 1.82) is 0 Å². The van der Waals surface area contributed by atoms with Crippen molar-refractivity contribution in [2.45, 2.75) is 0 Å². The maximum atomic E-state index is 14.3. The molecule has 6 nitrogen and oxygen atoms in total. The largest absolute Gasteiger partial charge is 0.453 e. The maximum Gasteiger partial charge on any atom is 0.267 e. The predicted octanol–water partition coefficient (Wildman–Crippen LogP) is 2.99. The SMILES string of the molecule is CS(=O)(=O)NC(=O)c1cc(F)c(Oc2ccnc3ccccc23)cc1F. The van der Waals surface area contributed by atoms with Gasteiger partial charge in [0.05, 0.1) is 17.3 Å². The first-order chi connectivity index (χ1) is 12.2. The lowest BCUT2D eigenvalue weighted by Gasteiger charge is -2.11. The maximum absolute atomic E-state index is 14.3. The van der Waals surface area contributed by atoms with E-state index < -0.39 is 38.9 Å². The van der Waals surface area contributed by atoms with E-state index in [1.54, 1.807) is 29.0 Å². The van der Waals surface area contributed by atoms with Crippen LogP contribution in [-0.4, -0.2) is 25.6 Å². The Morgan fingerprint density at radius 1 is 1.08 bits per heavy atom. The molecular formula is C17H12F2N2O4S. The quantitative estimate of drug-likeness (QED) is 0.754. The van der Waals surface area contributed by atoms with Crippen molar-refractivity contribution in [3.63, 3.8) is 0 Å². The second kappa shape index (κ2) is 6.68. The van der Waals surface area contributed by atoms with Gasteiger partial charge in [0, 0.05) is 17.6 Å². The van der Waals surface area contributed by atoms with Crippen LogP contribution in [-0.2, 0) is 10.0 Å². The molecule has 0 bridgehead atoms. The fraction of sp³-hybridized carbons (Fsp3) is 0.0588. The van der Waals surface area contributed by atoms with Gasteiger partial charge >= 0.3 is 0 Å². The number of rotatable bonds is 4. The van der Waals surface area contributed by atoms with Crippen molar-refractivity contribution < 1.29 is 26.7 Å². The lowest BCUT2D eigenvalue weighted by Crippen LogP contribution is -2.30. The molecule has 0 spiro atoms. The molecule has 1 amide bonds. The number of aromatic nitrogens is 1. The number of ether oxygens (including phenoxy) is 1. The number of benzene rings is 2. The van der Waals surface area contributed by atoms with Gasteiger partial charge in [-0.2, -0.15) is 0 Å². The zero-order valence-electron chi connectivity index (χ0n) is 13.4. The lowest BCUT2D eigenvalue weighted by molar-refractivity contribution is 0.0977. The molecule has 0 fully saturated rings. The summed E-state index contributed by atoms with van der Waals surface area (Å²) in [6.07, 6.45) is 2.19. The van der Waals surface area contributed by atoms with E-state index in [0.717, 1.165) is 6.26 Å². The summed E-state index contributed by atoms with van der Waals surface area (Å²) in [7, 11) is -3.91. The Morgan fingerprint density at radius 3 is 2.54 bits per heavy atom. The van der Waals surface area contributed by atoms with Crippen LogP contribution in [0.4, 0.5) is 8.78 Å². The van der Waals surface area contributed by atoms with Crippen molar-refractivity contribution in [3.05, 3.63) is 65.9 Å². The molecule has 134 valence electrons. The molecule has 9 heteroatoms. The van der Waals surface area contributed by atoms with Gasteiger partial charge in [-0.1, -0.05) is 12.1 Å². The molecule has 0 aliphatic carbocycles. The molecule has 1 aromatic heterocycles. The summed E-state index contributed by atoms with van der Waals surface area (Å²) in [5.41, 5.74) is -0.144. The second-order valence-electron chi connectivity index (χ2n) is 5.39. The molecule has 0 radical (unpaired) electrons. The minimum absolute atomic E-state index is 0.252. The van der Waals surface area contributed by atoms with E-state index in [4.69, 9.17) is 4.74 Å². The highest BCUT2D eigenvalue weighted by atomic mass is 32.2. The molecule has 3 aromatic rings. The fourth-order valence-corrected chi connectivity index (χ4v) is 2.73. The zero-order chi connectivity index (χ0) is 18.9. The summed E-state index contributed by atoms with van der Waals surface area (Å²) in [5.74, 6) is -3.62. The van der Waals surface area contributed by atoms with Gasteiger partial charge in [0.25, 0.3) is 5.91 Å². The van der Waals surface area contributed by atoms with E-state index in [0.29, 0.717) is 23.0 Å². The van der Waals surface area contributed by atoms with E-state index in [1.807, 2.05) is 0 Å². The Bertz CT molecular complexity index is 1110. The van der Waals surface area contributed by atoms with Crippen LogP contribution >= 0.6 is 0 Å². The van der Waals surface area contributed by atoms with Crippen LogP contribution in [0.15, 0.2) is 48.7 Å². The summed E-state index contributed by atoms with van der Waals surface area (Å²) >= 11 is 0. The number of amides is 1. The number of pyridine rings is 1. The van der Waals surface area contributed by atoms with Gasteiger partial charge in [-0.15, -0.1) is 0 Å². The fourth-order valence-electron chi connectivity index (χ4n) is 2.28. The average Bonchev–Trinajstić information content (AvgIpc) is 2.56. The van der Waals surface area contributed by atoms with Gasteiger partial charge in [0.2, 0.25) is 10.0 Å². The van der Waals surface area contributed by atoms with Gasteiger partial charge in [0.15, 0.2) is 11.6 Å². The van der Waals surface area contributed by atoms with Crippen LogP contribution in [0, 0.1) is 11.6 Å². The summed E-state index contributed by atoms with van der Waals surface area (Å²) < 4.78 is 57.6. The first-order valence-electron chi connectivity index (χ1n) is 7.27. The molecule has 3 rings (SSSR count). The molecule has 0 saturated heterocycles. The number of nitrogens with zero attached hydrogens (tertiary/aromatic N) is 1. The number of sulfonamides is 1. The molecule has 0 atom stereocenters. The standard InChI is InChI=1S/C17H12F2N2O4S/c1-26(23,24)21-17(22)11-8-13(19)16(9-12(11)18)25-15-6-7-20-14-5-3-2-4-10(14)15/h2-9H,1H3,(H,21,22). The van der Waals surface area contributed by atoms with Crippen LogP contribution < -0.4 is 9.46 Å². The number of carbonyl (C=O) groups excluding carboxylic acids is 1. The van der Waals surface area contributed by atoms with Crippen LogP contribution in [0.1, 0.15) is 10.4 Å². The van der Waals surface area contributed by atoms with Crippen LogP contribution in [0.25, 0.3) is 10.9 Å². The Morgan fingerprint density at radius 2 is 1.81 bits per heavy atom. The number of fused-ring (bicyclic) bond motifs is 1. The normalized spacial score (nSPS) is 11.3. The monoisotopic (exact) mass is 378 g/mol. The molecule has 0 unspecified atom stereocenters. The van der Waals surface area contributed by atoms with Gasteiger partial charge in [-0.05, 0) is 24.3 Å². The van der Waals surface area contributed by atoms with Gasteiger partial charge < -0.3 is 4.74 Å². The Labute approximate surface area is 147 Å². The van der Waals surface area contributed by atoms with Crippen molar-refractivity contribution in [1.82, 2.24) is 9.71 Å². The highest BCUT2D eigenvalue weighted by molar-refractivity contribution is 7.89. The number of hydrogen-bond donors (Lipinski definition) is 1.